The summed E-state index contributed by atoms with van der Waals surface area (Å²) < 4.78 is 48.7. The van der Waals surface area contributed by atoms with Crippen LogP contribution in [0.2, 0.25) is 0 Å². The summed E-state index contributed by atoms with van der Waals surface area (Å²) in [7, 11) is 0. The number of carbonyl (C=O) groups is 3. The summed E-state index contributed by atoms with van der Waals surface area (Å²) in [5.41, 5.74) is 6.33. The number of carbonyl (C=O) groups excluding carboxylic acids is 2. The maximum Gasteiger partial charge on any atom is 0.384 e. The minimum absolute atomic E-state index is 0.00733. The van der Waals surface area contributed by atoms with Crippen molar-refractivity contribution in [2.24, 2.45) is 5.10 Å². The van der Waals surface area contributed by atoms with Gasteiger partial charge in [-0.1, -0.05) is 78.1 Å². The van der Waals surface area contributed by atoms with E-state index < -0.39 is 29.5 Å². The smallest absolute Gasteiger partial charge is 0.384 e. The Bertz CT molecular complexity index is 3190. The first-order valence-corrected chi connectivity index (χ1v) is 20.8. The summed E-state index contributed by atoms with van der Waals surface area (Å²) in [4.78, 5) is 49.0. The molecule has 0 saturated heterocycles. The molecule has 0 fully saturated rings. The molecule has 322 valence electrons. The molecular weight excluding hydrogens is 853 g/mol. The molecule has 8 aromatic rings. The van der Waals surface area contributed by atoms with Gasteiger partial charge in [-0.3, -0.25) is 5.43 Å². The number of thiazole rings is 1. The molecule has 6 aromatic carbocycles. The van der Waals surface area contributed by atoms with Gasteiger partial charge in [0.2, 0.25) is 5.13 Å². The number of aliphatic carboxylic acids is 1. The molecule has 2 N–H and O–H groups in total. The zero-order valence-electron chi connectivity index (χ0n) is 34.2. The average molecular weight is 888 g/mol. The number of terminal acetylenes is 1. The summed E-state index contributed by atoms with van der Waals surface area (Å²) in [5.74, 6) is -1.97. The van der Waals surface area contributed by atoms with Crippen molar-refractivity contribution in [3.8, 4) is 40.3 Å². The van der Waals surface area contributed by atoms with Gasteiger partial charge in [0, 0.05) is 53.9 Å². The lowest BCUT2D eigenvalue weighted by molar-refractivity contribution is -0.137. The second kappa shape index (κ2) is 19.8. The molecule has 2 aromatic heterocycles. The monoisotopic (exact) mass is 887 g/mol. The molecule has 0 saturated carbocycles. The van der Waals surface area contributed by atoms with Crippen LogP contribution in [-0.2, 0) is 25.5 Å². The highest BCUT2D eigenvalue weighted by Gasteiger charge is 2.20. The lowest BCUT2D eigenvalue weighted by Crippen LogP contribution is -2.08. The van der Waals surface area contributed by atoms with E-state index in [1.165, 1.54) is 42.0 Å². The van der Waals surface area contributed by atoms with Crippen LogP contribution < -0.4 is 10.2 Å². The van der Waals surface area contributed by atoms with Crippen molar-refractivity contribution < 1.29 is 42.5 Å². The van der Waals surface area contributed by atoms with E-state index in [2.05, 4.69) is 25.5 Å². The number of carboxylic acids is 1. The Morgan fingerprint density at radius 1 is 0.815 bits per heavy atom. The number of hydrogen-bond acceptors (Lipinski definition) is 12. The Balaban J connectivity index is 0.974. The molecule has 2 heterocycles. The minimum atomic E-state index is -1.16. The average Bonchev–Trinajstić information content (AvgIpc) is 3.74. The molecule has 65 heavy (non-hydrogen) atoms. The van der Waals surface area contributed by atoms with Crippen LogP contribution in [0.25, 0.3) is 60.4 Å². The highest BCUT2D eigenvalue weighted by atomic mass is 32.1. The number of aromatic nitrogens is 3. The van der Waals surface area contributed by atoms with Gasteiger partial charge in [-0.25, -0.2) is 33.1 Å². The maximum absolute atomic E-state index is 16.4. The summed E-state index contributed by atoms with van der Waals surface area (Å²) in [6, 6.07) is 29.2. The zero-order valence-corrected chi connectivity index (χ0v) is 35.0. The lowest BCUT2D eigenvalue weighted by Gasteiger charge is -2.15. The van der Waals surface area contributed by atoms with Gasteiger partial charge < -0.3 is 19.3 Å². The van der Waals surface area contributed by atoms with Gasteiger partial charge in [0.15, 0.2) is 22.1 Å². The number of anilines is 1. The van der Waals surface area contributed by atoms with E-state index in [-0.39, 0.29) is 24.3 Å². The van der Waals surface area contributed by atoms with Crippen LogP contribution >= 0.6 is 11.3 Å². The fourth-order valence-electron chi connectivity index (χ4n) is 7.05. The van der Waals surface area contributed by atoms with E-state index >= 15 is 8.78 Å². The van der Waals surface area contributed by atoms with Gasteiger partial charge in [0.25, 0.3) is 0 Å². The highest BCUT2D eigenvalue weighted by molar-refractivity contribution is 7.21. The number of fused-ring (bicyclic) bond motifs is 3. The maximum atomic E-state index is 16.4. The molecule has 0 aliphatic heterocycles. The zero-order chi connectivity index (χ0) is 45.3. The summed E-state index contributed by atoms with van der Waals surface area (Å²) >= 11 is 1.24. The second-order valence-electron chi connectivity index (χ2n) is 14.3. The topological polar surface area (TPSA) is 162 Å². The third kappa shape index (κ3) is 10.1. The SMILES string of the molecule is C#CC(=O)OCCCOc1ccc(CCOC(=O)c2ccc3cc(-c4ccc(-c5cc(/C=N/Nc6nc7nccnc7s6)c(/C=C/C(=O)O)c6ccccc56)c(F)c4F)ccc3c2)cc1. The third-order valence-corrected chi connectivity index (χ3v) is 11.0. The fourth-order valence-corrected chi connectivity index (χ4v) is 7.76. The molecule has 0 unspecified atom stereocenters. The van der Waals surface area contributed by atoms with Crippen LogP contribution in [0.15, 0.2) is 127 Å². The molecule has 0 amide bonds. The van der Waals surface area contributed by atoms with Gasteiger partial charge in [-0.2, -0.15) is 10.1 Å². The first-order valence-electron chi connectivity index (χ1n) is 20.0. The van der Waals surface area contributed by atoms with Crippen LogP contribution in [-0.4, -0.2) is 64.0 Å². The number of esters is 2. The number of rotatable bonds is 16. The van der Waals surface area contributed by atoms with Crippen molar-refractivity contribution in [3.63, 3.8) is 0 Å². The van der Waals surface area contributed by atoms with Crippen LogP contribution in [0.5, 0.6) is 5.75 Å². The van der Waals surface area contributed by atoms with Crippen molar-refractivity contribution >= 4 is 78.7 Å². The number of nitrogens with zero attached hydrogens (tertiary/aromatic N) is 4. The Kier molecular flexibility index (Phi) is 13.2. The van der Waals surface area contributed by atoms with Gasteiger partial charge in [-0.15, -0.1) is 6.42 Å². The molecule has 0 bridgehead atoms. The number of halogens is 2. The van der Waals surface area contributed by atoms with E-state index in [1.54, 1.807) is 85.1 Å². The Morgan fingerprint density at radius 2 is 1.57 bits per heavy atom. The second-order valence-corrected chi connectivity index (χ2v) is 15.3. The van der Waals surface area contributed by atoms with E-state index in [1.807, 2.05) is 18.1 Å². The van der Waals surface area contributed by atoms with Crippen LogP contribution in [0, 0.1) is 24.0 Å². The highest BCUT2D eigenvalue weighted by Crippen LogP contribution is 2.38. The van der Waals surface area contributed by atoms with Gasteiger partial charge in [0.05, 0.1) is 31.6 Å². The van der Waals surface area contributed by atoms with Crippen molar-refractivity contribution in [2.45, 2.75) is 12.8 Å². The number of carboxylic acid groups (broad SMARTS) is 1. The van der Waals surface area contributed by atoms with E-state index in [4.69, 9.17) is 20.6 Å². The molecule has 0 aliphatic carbocycles. The Labute approximate surface area is 373 Å². The van der Waals surface area contributed by atoms with Crippen LogP contribution in [0.4, 0.5) is 13.9 Å². The van der Waals surface area contributed by atoms with Crippen molar-refractivity contribution in [1.82, 2.24) is 15.0 Å². The lowest BCUT2D eigenvalue weighted by atomic mass is 9.90. The molecule has 12 nitrogen and oxygen atoms in total. The predicted molar refractivity (Wildman–Crippen MR) is 246 cm³/mol. The fraction of sp³-hybridized carbons (Fsp3) is 0.100. The van der Waals surface area contributed by atoms with Crippen LogP contribution in [0.1, 0.15) is 33.5 Å². The molecule has 0 spiro atoms. The van der Waals surface area contributed by atoms with Gasteiger partial charge >= 0.3 is 17.9 Å². The Hall–Kier alpha value is -8.35. The largest absolute Gasteiger partial charge is 0.493 e. The van der Waals surface area contributed by atoms with E-state index in [0.29, 0.717) is 90.2 Å². The van der Waals surface area contributed by atoms with E-state index in [0.717, 1.165) is 11.6 Å². The number of ether oxygens (including phenoxy) is 3. The van der Waals surface area contributed by atoms with Gasteiger partial charge in [-0.05, 0) is 86.3 Å². The molecule has 0 aliphatic rings. The van der Waals surface area contributed by atoms with E-state index in [9.17, 15) is 19.5 Å². The molecule has 0 radical (unpaired) electrons. The molecule has 15 heteroatoms. The third-order valence-electron chi connectivity index (χ3n) is 10.1. The minimum Gasteiger partial charge on any atom is -0.493 e. The van der Waals surface area contributed by atoms with Crippen molar-refractivity contribution in [2.75, 3.05) is 25.2 Å². The Morgan fingerprint density at radius 3 is 2.37 bits per heavy atom. The van der Waals surface area contributed by atoms with Crippen LogP contribution in [0.3, 0.4) is 0 Å². The van der Waals surface area contributed by atoms with Crippen molar-refractivity contribution in [1.29, 1.82) is 0 Å². The van der Waals surface area contributed by atoms with Gasteiger partial charge in [0.1, 0.15) is 5.75 Å². The standard InChI is InChI=1S/C50H35F2N5O7S/c1-2-44(60)63-24-5-23-62-36-14-8-30(9-15-36)20-25-64-49(61)34-13-11-31-26-33(12-10-32(31)27-34)38-16-17-41(46(52)45(38)51)42-28-35(29-55-57-50-56-47-48(65-50)54-22-21-53-47)37(18-19-43(58)59)39-6-3-4-7-40(39)42/h1,3-4,6-19,21-22,26-29H,5,20,23-25H2,(H,58,59)(H,53,56,57)/b19-18+,55-29+. The van der Waals surface area contributed by atoms with Crippen molar-refractivity contribution in [3.05, 3.63) is 155 Å². The summed E-state index contributed by atoms with van der Waals surface area (Å²) in [6.45, 7) is 0.658. The number of hydrazone groups is 1. The summed E-state index contributed by atoms with van der Waals surface area (Å²) in [6.07, 6.45) is 12.9. The quantitative estimate of drug-likeness (QED) is 0.0181. The summed E-state index contributed by atoms with van der Waals surface area (Å²) in [5, 5.41) is 16.8. The molecular formula is C50H35F2N5O7S. The number of nitrogens with one attached hydrogen (secondary N) is 1. The molecule has 0 atom stereocenters. The molecule has 8 rings (SSSR count). The normalized spacial score (nSPS) is 11.3. The number of hydrogen-bond donors (Lipinski definition) is 2. The first-order chi connectivity index (χ1) is 31.6. The first kappa shape index (κ1) is 43.3. The predicted octanol–water partition coefficient (Wildman–Crippen LogP) is 9.89. The number of benzene rings is 6.